The van der Waals surface area contributed by atoms with Crippen molar-refractivity contribution in [2.45, 2.75) is 77.7 Å². The largest absolute Gasteiger partial charge is 0.393 e. The van der Waals surface area contributed by atoms with Gasteiger partial charge in [0.2, 0.25) is 0 Å². The summed E-state index contributed by atoms with van der Waals surface area (Å²) in [6.07, 6.45) is 12.3. The normalized spacial score (nSPS) is 52.6. The molecule has 22 heavy (non-hydrogen) atoms. The quantitative estimate of drug-likeness (QED) is 0.661. The Morgan fingerprint density at radius 2 is 1.86 bits per heavy atom. The first-order valence-electron chi connectivity index (χ1n) is 9.85. The Balaban J connectivity index is 1.56. The van der Waals surface area contributed by atoms with E-state index < -0.39 is 0 Å². The van der Waals surface area contributed by atoms with Crippen molar-refractivity contribution in [3.63, 3.8) is 0 Å². The molecule has 4 fully saturated rings. The topological polar surface area (TPSA) is 20.2 Å². The highest BCUT2D eigenvalue weighted by Crippen LogP contribution is 2.64. The fraction of sp³-hybridized carbons (Fsp3) is 0.905. The number of aliphatic hydroxyl groups excluding tert-OH is 1. The highest BCUT2D eigenvalue weighted by molar-refractivity contribution is 5.10. The zero-order chi connectivity index (χ0) is 15.5. The van der Waals surface area contributed by atoms with Crippen LogP contribution in [-0.2, 0) is 0 Å². The smallest absolute Gasteiger partial charge is 0.0545 e. The molecule has 0 aromatic rings. The second kappa shape index (κ2) is 5.36. The molecule has 0 amide bonds. The molecule has 4 rings (SSSR count). The average Bonchev–Trinajstić information content (AvgIpc) is 2.84. The molecule has 1 nitrogen and oxygen atoms in total. The summed E-state index contributed by atoms with van der Waals surface area (Å²) in [5, 5.41) is 10.3. The summed E-state index contributed by atoms with van der Waals surface area (Å²) >= 11 is 0. The third-order valence-electron chi connectivity index (χ3n) is 8.56. The molecule has 0 spiro atoms. The van der Waals surface area contributed by atoms with Crippen LogP contribution in [0, 0.1) is 40.9 Å². The molecule has 1 heteroatoms. The monoisotopic (exact) mass is 302 g/mol. The number of hydrogen-bond donors (Lipinski definition) is 1. The first kappa shape index (κ1) is 15.2. The van der Waals surface area contributed by atoms with Crippen LogP contribution in [0.1, 0.15) is 71.6 Å². The van der Waals surface area contributed by atoms with E-state index in [2.05, 4.69) is 13.5 Å². The Hall–Kier alpha value is -0.300. The van der Waals surface area contributed by atoms with Gasteiger partial charge in [-0.3, -0.25) is 0 Å². The van der Waals surface area contributed by atoms with Crippen molar-refractivity contribution in [1.82, 2.24) is 0 Å². The van der Waals surface area contributed by atoms with Crippen molar-refractivity contribution in [2.75, 3.05) is 0 Å². The molecule has 0 bridgehead atoms. The Morgan fingerprint density at radius 3 is 2.64 bits per heavy atom. The zero-order valence-electron chi connectivity index (χ0n) is 14.6. The van der Waals surface area contributed by atoms with Crippen LogP contribution in [0.3, 0.4) is 0 Å². The van der Waals surface area contributed by atoms with Crippen LogP contribution in [0.2, 0.25) is 0 Å². The maximum Gasteiger partial charge on any atom is 0.0545 e. The molecular weight excluding hydrogens is 268 g/mol. The molecule has 4 saturated carbocycles. The molecule has 0 heterocycles. The van der Waals surface area contributed by atoms with Gasteiger partial charge in [0, 0.05) is 0 Å². The lowest BCUT2D eigenvalue weighted by Gasteiger charge is -2.56. The van der Waals surface area contributed by atoms with E-state index in [0.29, 0.717) is 11.3 Å². The lowest BCUT2D eigenvalue weighted by atomic mass is 9.49. The molecular formula is C21H34O. The highest BCUT2D eigenvalue weighted by atomic mass is 16.3. The lowest BCUT2D eigenvalue weighted by Crippen LogP contribution is -2.49. The predicted octanol–water partition coefficient (Wildman–Crippen LogP) is 5.19. The van der Waals surface area contributed by atoms with E-state index in [1.807, 2.05) is 6.92 Å². The van der Waals surface area contributed by atoms with Gasteiger partial charge in [-0.05, 0) is 106 Å². The summed E-state index contributed by atoms with van der Waals surface area (Å²) in [5.41, 5.74) is 1.95. The van der Waals surface area contributed by atoms with E-state index in [1.54, 1.807) is 0 Å². The van der Waals surface area contributed by atoms with E-state index >= 15 is 0 Å². The van der Waals surface area contributed by atoms with Gasteiger partial charge in [-0.2, -0.15) is 0 Å². The minimum absolute atomic E-state index is 0.110. The van der Waals surface area contributed by atoms with Crippen LogP contribution in [0.15, 0.2) is 12.2 Å². The van der Waals surface area contributed by atoms with E-state index in [1.165, 1.54) is 63.4 Å². The Morgan fingerprint density at radius 1 is 1.05 bits per heavy atom. The standard InChI is InChI=1S/C21H34O/c1-13-4-6-16-15(12-13)5-7-18-17(16)10-11-21(3)19(14(2)22)8-9-20(18)21/h14-20,22H,1,4-12H2,2-3H3. The molecule has 8 unspecified atom stereocenters. The molecule has 1 N–H and O–H groups in total. The van der Waals surface area contributed by atoms with Crippen molar-refractivity contribution in [1.29, 1.82) is 0 Å². The zero-order valence-corrected chi connectivity index (χ0v) is 14.6. The van der Waals surface area contributed by atoms with Crippen LogP contribution in [0.25, 0.3) is 0 Å². The summed E-state index contributed by atoms with van der Waals surface area (Å²) in [7, 11) is 0. The van der Waals surface area contributed by atoms with Gasteiger partial charge >= 0.3 is 0 Å². The van der Waals surface area contributed by atoms with E-state index in [-0.39, 0.29) is 6.10 Å². The molecule has 0 aliphatic heterocycles. The minimum Gasteiger partial charge on any atom is -0.393 e. The van der Waals surface area contributed by atoms with Gasteiger partial charge in [0.1, 0.15) is 0 Å². The molecule has 4 aliphatic carbocycles. The third-order valence-corrected chi connectivity index (χ3v) is 8.56. The summed E-state index contributed by atoms with van der Waals surface area (Å²) in [6.45, 7) is 8.83. The fourth-order valence-electron chi connectivity index (χ4n) is 7.61. The average molecular weight is 303 g/mol. The Bertz CT molecular complexity index is 453. The van der Waals surface area contributed by atoms with Crippen molar-refractivity contribution < 1.29 is 5.11 Å². The van der Waals surface area contributed by atoms with Crippen molar-refractivity contribution in [2.24, 2.45) is 40.9 Å². The van der Waals surface area contributed by atoms with Crippen LogP contribution in [-0.4, -0.2) is 11.2 Å². The first-order chi connectivity index (χ1) is 10.5. The molecule has 0 saturated heterocycles. The number of rotatable bonds is 1. The van der Waals surface area contributed by atoms with Crippen molar-refractivity contribution >= 4 is 0 Å². The van der Waals surface area contributed by atoms with Crippen molar-refractivity contribution in [3.8, 4) is 0 Å². The molecule has 0 aromatic carbocycles. The third kappa shape index (κ3) is 2.14. The van der Waals surface area contributed by atoms with E-state index in [0.717, 1.165) is 29.6 Å². The molecule has 8 atom stereocenters. The summed E-state index contributed by atoms with van der Waals surface area (Å²) < 4.78 is 0. The predicted molar refractivity (Wildman–Crippen MR) is 91.4 cm³/mol. The van der Waals surface area contributed by atoms with Crippen LogP contribution < -0.4 is 0 Å². The van der Waals surface area contributed by atoms with Gasteiger partial charge in [-0.1, -0.05) is 19.1 Å². The lowest BCUT2D eigenvalue weighted by molar-refractivity contribution is -0.0743. The number of fused-ring (bicyclic) bond motifs is 5. The van der Waals surface area contributed by atoms with Crippen LogP contribution in [0.5, 0.6) is 0 Å². The Kier molecular flexibility index (Phi) is 3.72. The van der Waals surface area contributed by atoms with E-state index in [4.69, 9.17) is 0 Å². The van der Waals surface area contributed by atoms with E-state index in [9.17, 15) is 5.11 Å². The molecule has 4 aliphatic rings. The van der Waals surface area contributed by atoms with Crippen LogP contribution in [0.4, 0.5) is 0 Å². The molecule has 0 radical (unpaired) electrons. The molecule has 0 aromatic heterocycles. The number of hydrogen-bond acceptors (Lipinski definition) is 1. The van der Waals surface area contributed by atoms with Crippen LogP contribution >= 0.6 is 0 Å². The number of aliphatic hydroxyl groups is 1. The maximum absolute atomic E-state index is 10.3. The number of allylic oxidation sites excluding steroid dienone is 1. The SMILES string of the molecule is C=C1CCC2C(CCC3C2CCC2(C)C(C(C)O)CCC32)C1. The maximum atomic E-state index is 10.3. The second-order valence-electron chi connectivity index (χ2n) is 9.40. The Labute approximate surface area is 136 Å². The highest BCUT2D eigenvalue weighted by Gasteiger charge is 2.57. The van der Waals surface area contributed by atoms with Crippen molar-refractivity contribution in [3.05, 3.63) is 12.2 Å². The van der Waals surface area contributed by atoms with Gasteiger partial charge in [0.25, 0.3) is 0 Å². The van der Waals surface area contributed by atoms with Gasteiger partial charge in [-0.25, -0.2) is 0 Å². The summed E-state index contributed by atoms with van der Waals surface area (Å²) in [6, 6.07) is 0. The van der Waals surface area contributed by atoms with Gasteiger partial charge in [0.15, 0.2) is 0 Å². The fourth-order valence-corrected chi connectivity index (χ4v) is 7.61. The van der Waals surface area contributed by atoms with Gasteiger partial charge in [0.05, 0.1) is 6.10 Å². The summed E-state index contributed by atoms with van der Waals surface area (Å²) in [4.78, 5) is 0. The van der Waals surface area contributed by atoms with Gasteiger partial charge < -0.3 is 5.11 Å². The summed E-state index contributed by atoms with van der Waals surface area (Å²) in [5.74, 6) is 5.38. The molecule has 124 valence electrons. The second-order valence-corrected chi connectivity index (χ2v) is 9.40. The minimum atomic E-state index is -0.110. The first-order valence-corrected chi connectivity index (χ1v) is 9.85. The van der Waals surface area contributed by atoms with Gasteiger partial charge in [-0.15, -0.1) is 0 Å².